The number of rotatable bonds is 5. The van der Waals surface area contributed by atoms with Crippen LogP contribution in [-0.2, 0) is 11.2 Å². The van der Waals surface area contributed by atoms with Gasteiger partial charge < -0.3 is 10.0 Å². The molecule has 0 bridgehead atoms. The predicted molar refractivity (Wildman–Crippen MR) is 80.6 cm³/mol. The molecule has 0 saturated heterocycles. The summed E-state index contributed by atoms with van der Waals surface area (Å²) in [7, 11) is 0. The van der Waals surface area contributed by atoms with Crippen LogP contribution in [0.25, 0.3) is 0 Å². The number of carbonyl (C=O) groups excluding carboxylic acids is 1. The van der Waals surface area contributed by atoms with Gasteiger partial charge in [-0.25, -0.2) is 0 Å². The van der Waals surface area contributed by atoms with Gasteiger partial charge in [0.15, 0.2) is 0 Å². The molecule has 1 aromatic rings. The van der Waals surface area contributed by atoms with Crippen molar-refractivity contribution in [2.75, 3.05) is 13.2 Å². The molecule has 1 fully saturated rings. The van der Waals surface area contributed by atoms with Gasteiger partial charge in [0.25, 0.3) is 0 Å². The molecule has 3 nitrogen and oxygen atoms in total. The minimum absolute atomic E-state index is 0.0516. The largest absolute Gasteiger partial charge is 0.395 e. The number of aliphatic hydroxyl groups is 1. The van der Waals surface area contributed by atoms with Crippen LogP contribution in [0.15, 0.2) is 24.3 Å². The number of amides is 1. The second kappa shape index (κ2) is 7.44. The number of carbonyl (C=O) groups is 1. The van der Waals surface area contributed by atoms with Crippen molar-refractivity contribution < 1.29 is 9.90 Å². The van der Waals surface area contributed by atoms with E-state index in [1.54, 1.807) is 0 Å². The predicted octanol–water partition coefficient (Wildman–Crippen LogP) is 2.69. The Morgan fingerprint density at radius 2 is 2.05 bits per heavy atom. The summed E-state index contributed by atoms with van der Waals surface area (Å²) in [4.78, 5) is 14.4. The standard InChI is InChI=1S/C17H25NO2/c1-14-6-5-7-15(12-14)13-17(20)18(10-11-19)16-8-3-2-4-9-16/h5-7,12,16,19H,2-4,8-11,13H2,1H3. The average Bonchev–Trinajstić information content (AvgIpc) is 2.45. The topological polar surface area (TPSA) is 40.5 Å². The normalized spacial score (nSPS) is 16.1. The number of aliphatic hydroxyl groups excluding tert-OH is 1. The zero-order valence-corrected chi connectivity index (χ0v) is 12.3. The number of aryl methyl sites for hydroxylation is 1. The monoisotopic (exact) mass is 275 g/mol. The first-order valence-electron chi connectivity index (χ1n) is 7.66. The van der Waals surface area contributed by atoms with Crippen molar-refractivity contribution in [1.29, 1.82) is 0 Å². The molecule has 2 rings (SSSR count). The van der Waals surface area contributed by atoms with Crippen LogP contribution in [0.2, 0.25) is 0 Å². The molecule has 110 valence electrons. The van der Waals surface area contributed by atoms with Gasteiger partial charge in [0.2, 0.25) is 5.91 Å². The SMILES string of the molecule is Cc1cccc(CC(=O)N(CCO)C2CCCCC2)c1. The van der Waals surface area contributed by atoms with Crippen molar-refractivity contribution in [3.8, 4) is 0 Å². The summed E-state index contributed by atoms with van der Waals surface area (Å²) in [5.41, 5.74) is 2.25. The molecule has 1 N–H and O–H groups in total. The van der Waals surface area contributed by atoms with E-state index in [-0.39, 0.29) is 12.5 Å². The smallest absolute Gasteiger partial charge is 0.227 e. The minimum Gasteiger partial charge on any atom is -0.395 e. The molecule has 0 aliphatic heterocycles. The van der Waals surface area contributed by atoms with E-state index in [9.17, 15) is 9.90 Å². The number of hydrogen-bond donors (Lipinski definition) is 1. The maximum atomic E-state index is 12.5. The van der Waals surface area contributed by atoms with E-state index in [2.05, 4.69) is 6.07 Å². The molecule has 0 atom stereocenters. The Kier molecular flexibility index (Phi) is 5.60. The van der Waals surface area contributed by atoms with Gasteiger partial charge in [-0.1, -0.05) is 49.1 Å². The molecule has 0 aromatic heterocycles. The van der Waals surface area contributed by atoms with Crippen LogP contribution in [0, 0.1) is 6.92 Å². The highest BCUT2D eigenvalue weighted by molar-refractivity contribution is 5.79. The third kappa shape index (κ3) is 4.07. The van der Waals surface area contributed by atoms with Gasteiger partial charge in [0.1, 0.15) is 0 Å². The van der Waals surface area contributed by atoms with Gasteiger partial charge in [0, 0.05) is 12.6 Å². The lowest BCUT2D eigenvalue weighted by atomic mass is 9.93. The summed E-state index contributed by atoms with van der Waals surface area (Å²) >= 11 is 0. The van der Waals surface area contributed by atoms with Crippen molar-refractivity contribution >= 4 is 5.91 Å². The second-order valence-electron chi connectivity index (χ2n) is 5.77. The van der Waals surface area contributed by atoms with E-state index >= 15 is 0 Å². The second-order valence-corrected chi connectivity index (χ2v) is 5.77. The van der Waals surface area contributed by atoms with E-state index in [1.807, 2.05) is 30.0 Å². The van der Waals surface area contributed by atoms with Crippen molar-refractivity contribution in [3.05, 3.63) is 35.4 Å². The minimum atomic E-state index is 0.0516. The summed E-state index contributed by atoms with van der Waals surface area (Å²) in [6.45, 7) is 2.56. The van der Waals surface area contributed by atoms with Crippen molar-refractivity contribution in [2.24, 2.45) is 0 Å². The van der Waals surface area contributed by atoms with Crippen molar-refractivity contribution in [3.63, 3.8) is 0 Å². The van der Waals surface area contributed by atoms with Gasteiger partial charge in [-0.2, -0.15) is 0 Å². The summed E-state index contributed by atoms with van der Waals surface area (Å²) in [5, 5.41) is 9.23. The van der Waals surface area contributed by atoms with Gasteiger partial charge in [0.05, 0.1) is 13.0 Å². The molecular formula is C17H25NO2. The fraction of sp³-hybridized carbons (Fsp3) is 0.588. The molecule has 1 saturated carbocycles. The molecule has 1 aliphatic rings. The lowest BCUT2D eigenvalue weighted by Crippen LogP contribution is -2.43. The Labute approximate surface area is 121 Å². The molecule has 1 aromatic carbocycles. The fourth-order valence-corrected chi connectivity index (χ4v) is 3.11. The van der Waals surface area contributed by atoms with Crippen LogP contribution in [0.3, 0.4) is 0 Å². The first kappa shape index (κ1) is 15.0. The Hall–Kier alpha value is -1.35. The Morgan fingerprint density at radius 3 is 2.70 bits per heavy atom. The first-order chi connectivity index (χ1) is 9.70. The highest BCUT2D eigenvalue weighted by Gasteiger charge is 2.24. The van der Waals surface area contributed by atoms with E-state index in [0.29, 0.717) is 19.0 Å². The molecule has 0 heterocycles. The van der Waals surface area contributed by atoms with E-state index in [4.69, 9.17) is 0 Å². The summed E-state index contributed by atoms with van der Waals surface area (Å²) < 4.78 is 0. The highest BCUT2D eigenvalue weighted by Crippen LogP contribution is 2.23. The lowest BCUT2D eigenvalue weighted by molar-refractivity contribution is -0.134. The molecule has 1 amide bonds. The average molecular weight is 275 g/mol. The quantitative estimate of drug-likeness (QED) is 0.897. The molecule has 0 unspecified atom stereocenters. The Bertz CT molecular complexity index is 438. The molecule has 1 aliphatic carbocycles. The van der Waals surface area contributed by atoms with Crippen LogP contribution >= 0.6 is 0 Å². The molecule has 0 radical (unpaired) electrons. The Balaban J connectivity index is 2.02. The summed E-state index contributed by atoms with van der Waals surface area (Å²) in [5.74, 6) is 0.150. The van der Waals surface area contributed by atoms with E-state index < -0.39 is 0 Å². The maximum Gasteiger partial charge on any atom is 0.227 e. The molecule has 0 spiro atoms. The molecular weight excluding hydrogens is 250 g/mol. The zero-order chi connectivity index (χ0) is 14.4. The van der Waals surface area contributed by atoms with E-state index in [1.165, 1.54) is 24.8 Å². The lowest BCUT2D eigenvalue weighted by Gasteiger charge is -2.34. The van der Waals surface area contributed by atoms with Gasteiger partial charge in [-0.05, 0) is 25.3 Å². The van der Waals surface area contributed by atoms with Gasteiger partial charge in [-0.3, -0.25) is 4.79 Å². The van der Waals surface area contributed by atoms with Crippen LogP contribution in [0.5, 0.6) is 0 Å². The van der Waals surface area contributed by atoms with Crippen LogP contribution in [0.1, 0.15) is 43.2 Å². The van der Waals surface area contributed by atoms with Crippen molar-refractivity contribution in [2.45, 2.75) is 51.5 Å². The van der Waals surface area contributed by atoms with Crippen molar-refractivity contribution in [1.82, 2.24) is 4.90 Å². The third-order valence-corrected chi connectivity index (χ3v) is 4.11. The Morgan fingerprint density at radius 1 is 1.30 bits per heavy atom. The number of hydrogen-bond acceptors (Lipinski definition) is 2. The molecule has 3 heteroatoms. The number of nitrogens with zero attached hydrogens (tertiary/aromatic N) is 1. The first-order valence-corrected chi connectivity index (χ1v) is 7.66. The number of benzene rings is 1. The zero-order valence-electron chi connectivity index (χ0n) is 12.3. The van der Waals surface area contributed by atoms with E-state index in [0.717, 1.165) is 18.4 Å². The van der Waals surface area contributed by atoms with Crippen LogP contribution in [-0.4, -0.2) is 35.1 Å². The van der Waals surface area contributed by atoms with Crippen LogP contribution < -0.4 is 0 Å². The highest BCUT2D eigenvalue weighted by atomic mass is 16.3. The maximum absolute atomic E-state index is 12.5. The van der Waals surface area contributed by atoms with Crippen LogP contribution in [0.4, 0.5) is 0 Å². The summed E-state index contributed by atoms with van der Waals surface area (Å²) in [6, 6.07) is 8.43. The third-order valence-electron chi connectivity index (χ3n) is 4.11. The molecule has 20 heavy (non-hydrogen) atoms. The van der Waals surface area contributed by atoms with Gasteiger partial charge in [-0.15, -0.1) is 0 Å². The summed E-state index contributed by atoms with van der Waals surface area (Å²) in [6.07, 6.45) is 6.28. The fourth-order valence-electron chi connectivity index (χ4n) is 3.11. The van der Waals surface area contributed by atoms with Gasteiger partial charge >= 0.3 is 0 Å².